The van der Waals surface area contributed by atoms with Gasteiger partial charge in [0.05, 0.1) is 5.69 Å². The first-order chi connectivity index (χ1) is 9.17. The maximum atomic E-state index is 12.3. The summed E-state index contributed by atoms with van der Waals surface area (Å²) in [4.78, 5) is 12.3. The molecule has 0 amide bonds. The molecule has 0 bridgehead atoms. The van der Waals surface area contributed by atoms with Crippen molar-refractivity contribution in [1.82, 2.24) is 4.57 Å². The van der Waals surface area contributed by atoms with Gasteiger partial charge in [-0.1, -0.05) is 42.8 Å². The van der Waals surface area contributed by atoms with Crippen molar-refractivity contribution >= 4 is 0 Å². The van der Waals surface area contributed by atoms with Crippen LogP contribution in [0.25, 0.3) is 11.3 Å². The van der Waals surface area contributed by atoms with Crippen LogP contribution < -0.4 is 11.3 Å². The van der Waals surface area contributed by atoms with Gasteiger partial charge >= 0.3 is 0 Å². The molecule has 0 radical (unpaired) electrons. The number of aryl methyl sites for hydroxylation is 1. The molecule has 3 heteroatoms. The minimum atomic E-state index is 0.0300. The number of nitrogens with two attached hydrogens (primary N) is 1. The zero-order valence-electron chi connectivity index (χ0n) is 11.5. The van der Waals surface area contributed by atoms with E-state index in [9.17, 15) is 4.79 Å². The fourth-order valence-corrected chi connectivity index (χ4v) is 2.20. The normalized spacial score (nSPS) is 10.7. The van der Waals surface area contributed by atoms with Gasteiger partial charge in [0.1, 0.15) is 0 Å². The Labute approximate surface area is 113 Å². The largest absolute Gasteiger partial charge is 0.326 e. The van der Waals surface area contributed by atoms with Gasteiger partial charge in [-0.2, -0.15) is 0 Å². The first-order valence-electron chi connectivity index (χ1n) is 6.67. The Balaban J connectivity index is 2.59. The number of pyridine rings is 1. The van der Waals surface area contributed by atoms with Gasteiger partial charge in [0, 0.05) is 18.7 Å². The summed E-state index contributed by atoms with van der Waals surface area (Å²) in [5, 5.41) is 0. The molecule has 0 atom stereocenters. The van der Waals surface area contributed by atoms with Crippen molar-refractivity contribution in [3.05, 3.63) is 57.9 Å². The predicted octanol–water partition coefficient (Wildman–Crippen LogP) is 2.69. The summed E-state index contributed by atoms with van der Waals surface area (Å²) in [5.74, 6) is 0. The molecule has 0 aliphatic rings. The van der Waals surface area contributed by atoms with Crippen LogP contribution in [-0.2, 0) is 13.1 Å². The van der Waals surface area contributed by atoms with Crippen molar-refractivity contribution < 1.29 is 0 Å². The monoisotopic (exact) mass is 256 g/mol. The fraction of sp³-hybridized carbons (Fsp3) is 0.312. The lowest BCUT2D eigenvalue weighted by molar-refractivity contribution is 0.653. The number of rotatable bonds is 4. The van der Waals surface area contributed by atoms with Crippen LogP contribution in [0.3, 0.4) is 0 Å². The molecule has 0 fully saturated rings. The van der Waals surface area contributed by atoms with Gasteiger partial charge < -0.3 is 10.3 Å². The highest BCUT2D eigenvalue weighted by atomic mass is 16.1. The molecule has 2 aromatic rings. The number of benzene rings is 1. The highest BCUT2D eigenvalue weighted by Gasteiger charge is 2.08. The van der Waals surface area contributed by atoms with E-state index in [2.05, 4.69) is 38.1 Å². The van der Waals surface area contributed by atoms with E-state index < -0.39 is 0 Å². The fourth-order valence-electron chi connectivity index (χ4n) is 2.20. The van der Waals surface area contributed by atoms with Gasteiger partial charge in [-0.3, -0.25) is 4.79 Å². The zero-order chi connectivity index (χ0) is 13.8. The molecular weight excluding hydrogens is 236 g/mol. The highest BCUT2D eigenvalue weighted by Crippen LogP contribution is 2.19. The Kier molecular flexibility index (Phi) is 4.17. The van der Waals surface area contributed by atoms with Crippen LogP contribution in [0.4, 0.5) is 0 Å². The topological polar surface area (TPSA) is 48.0 Å². The first-order valence-corrected chi connectivity index (χ1v) is 6.67. The van der Waals surface area contributed by atoms with Crippen molar-refractivity contribution in [1.29, 1.82) is 0 Å². The lowest BCUT2D eigenvalue weighted by Gasteiger charge is -2.14. The van der Waals surface area contributed by atoms with Crippen LogP contribution in [0.2, 0.25) is 0 Å². The summed E-state index contributed by atoms with van der Waals surface area (Å²) in [5.41, 5.74) is 9.56. The number of hydrogen-bond acceptors (Lipinski definition) is 2. The Morgan fingerprint density at radius 1 is 1.11 bits per heavy atom. The van der Waals surface area contributed by atoms with Gasteiger partial charge in [-0.05, 0) is 25.0 Å². The smallest absolute Gasteiger partial charge is 0.255 e. The molecule has 1 aromatic heterocycles. The van der Waals surface area contributed by atoms with Crippen molar-refractivity contribution in [2.75, 3.05) is 0 Å². The molecule has 0 unspecified atom stereocenters. The second-order valence-electron chi connectivity index (χ2n) is 4.77. The SMILES string of the molecule is CCCn1c(-c2ccc(C)cc2)ccc(CN)c1=O. The number of hydrogen-bond donors (Lipinski definition) is 1. The van der Waals surface area contributed by atoms with Gasteiger partial charge in [0.2, 0.25) is 0 Å². The van der Waals surface area contributed by atoms with Crippen LogP contribution in [0.5, 0.6) is 0 Å². The van der Waals surface area contributed by atoms with E-state index in [1.165, 1.54) is 5.56 Å². The van der Waals surface area contributed by atoms with Crippen LogP contribution >= 0.6 is 0 Å². The summed E-state index contributed by atoms with van der Waals surface area (Å²) in [6, 6.07) is 12.1. The van der Waals surface area contributed by atoms with Gasteiger partial charge in [-0.15, -0.1) is 0 Å². The molecule has 0 saturated heterocycles. The molecule has 0 aliphatic carbocycles. The van der Waals surface area contributed by atoms with E-state index >= 15 is 0 Å². The molecule has 19 heavy (non-hydrogen) atoms. The molecule has 2 rings (SSSR count). The summed E-state index contributed by atoms with van der Waals surface area (Å²) in [6.45, 7) is 5.13. The van der Waals surface area contributed by atoms with Crippen LogP contribution in [-0.4, -0.2) is 4.57 Å². The lowest BCUT2D eigenvalue weighted by Crippen LogP contribution is -2.26. The van der Waals surface area contributed by atoms with Crippen LogP contribution in [0.15, 0.2) is 41.2 Å². The molecule has 100 valence electrons. The van der Waals surface area contributed by atoms with E-state index in [-0.39, 0.29) is 12.1 Å². The maximum Gasteiger partial charge on any atom is 0.255 e. The Morgan fingerprint density at radius 2 is 1.79 bits per heavy atom. The van der Waals surface area contributed by atoms with Gasteiger partial charge in [-0.25, -0.2) is 0 Å². The van der Waals surface area contributed by atoms with Crippen molar-refractivity contribution in [3.63, 3.8) is 0 Å². The molecular formula is C16H20N2O. The van der Waals surface area contributed by atoms with Crippen molar-refractivity contribution in [2.24, 2.45) is 5.73 Å². The highest BCUT2D eigenvalue weighted by molar-refractivity contribution is 5.60. The molecule has 3 nitrogen and oxygen atoms in total. The molecule has 0 saturated carbocycles. The first kappa shape index (κ1) is 13.6. The van der Waals surface area contributed by atoms with Crippen molar-refractivity contribution in [2.45, 2.75) is 33.4 Å². The second-order valence-corrected chi connectivity index (χ2v) is 4.77. The third kappa shape index (κ3) is 2.76. The third-order valence-corrected chi connectivity index (χ3v) is 3.27. The average Bonchev–Trinajstić information content (AvgIpc) is 2.42. The Hall–Kier alpha value is -1.87. The van der Waals surface area contributed by atoms with Crippen LogP contribution in [0, 0.1) is 6.92 Å². The van der Waals surface area contributed by atoms with Gasteiger partial charge in [0.15, 0.2) is 0 Å². The van der Waals surface area contributed by atoms with Crippen LogP contribution in [0.1, 0.15) is 24.5 Å². The van der Waals surface area contributed by atoms with Crippen molar-refractivity contribution in [3.8, 4) is 11.3 Å². The summed E-state index contributed by atoms with van der Waals surface area (Å²) >= 11 is 0. The maximum absolute atomic E-state index is 12.3. The Bertz CT molecular complexity index is 612. The molecule has 0 aliphatic heterocycles. The Morgan fingerprint density at radius 3 is 2.37 bits per heavy atom. The molecule has 1 heterocycles. The summed E-state index contributed by atoms with van der Waals surface area (Å²) in [7, 11) is 0. The van der Waals surface area contributed by atoms with E-state index in [4.69, 9.17) is 5.73 Å². The number of nitrogens with zero attached hydrogens (tertiary/aromatic N) is 1. The van der Waals surface area contributed by atoms with E-state index in [0.29, 0.717) is 5.56 Å². The minimum Gasteiger partial charge on any atom is -0.326 e. The summed E-state index contributed by atoms with van der Waals surface area (Å²) < 4.78 is 1.83. The van der Waals surface area contributed by atoms with Gasteiger partial charge in [0.25, 0.3) is 5.56 Å². The standard InChI is InChI=1S/C16H20N2O/c1-3-10-18-15(9-8-14(11-17)16(18)19)13-6-4-12(2)5-7-13/h4-9H,3,10-11,17H2,1-2H3. The quantitative estimate of drug-likeness (QED) is 0.914. The van der Waals surface area contributed by atoms with E-state index in [1.807, 2.05) is 16.7 Å². The average molecular weight is 256 g/mol. The molecule has 2 N–H and O–H groups in total. The summed E-state index contributed by atoms with van der Waals surface area (Å²) in [6.07, 6.45) is 0.923. The molecule has 0 spiro atoms. The second kappa shape index (κ2) is 5.85. The predicted molar refractivity (Wildman–Crippen MR) is 79.1 cm³/mol. The number of aromatic nitrogens is 1. The van der Waals surface area contributed by atoms with E-state index in [0.717, 1.165) is 24.2 Å². The lowest BCUT2D eigenvalue weighted by atomic mass is 10.1. The minimum absolute atomic E-state index is 0.0300. The molecule has 1 aromatic carbocycles. The third-order valence-electron chi connectivity index (χ3n) is 3.27. The zero-order valence-corrected chi connectivity index (χ0v) is 11.5. The van der Waals surface area contributed by atoms with E-state index in [1.54, 1.807) is 0 Å².